The van der Waals surface area contributed by atoms with E-state index in [0.717, 1.165) is 11.8 Å². The highest BCUT2D eigenvalue weighted by atomic mass is 32.3. The third kappa shape index (κ3) is 4.70. The summed E-state index contributed by atoms with van der Waals surface area (Å²) in [4.78, 5) is 37.1. The number of amides is 3. The van der Waals surface area contributed by atoms with E-state index in [1.807, 2.05) is 34.6 Å². The van der Waals surface area contributed by atoms with Crippen LogP contribution in [0.2, 0.25) is 0 Å². The number of urea groups is 1. The largest absolute Gasteiger partial charge is 0.479 e. The maximum atomic E-state index is 12.6. The van der Waals surface area contributed by atoms with Crippen LogP contribution in [0.15, 0.2) is 0 Å². The van der Waals surface area contributed by atoms with Gasteiger partial charge in [-0.25, -0.2) is 13.8 Å². The summed E-state index contributed by atoms with van der Waals surface area (Å²) in [6.07, 6.45) is 0.451. The number of hydrogen-bond donors (Lipinski definition) is 2. The average Bonchev–Trinajstić information content (AvgIpc) is 2.76. The second-order valence-electron chi connectivity index (χ2n) is 9.82. The predicted octanol–water partition coefficient (Wildman–Crippen LogP) is 1.24. The summed E-state index contributed by atoms with van der Waals surface area (Å²) >= 11 is 0. The minimum atomic E-state index is -4.91. The molecule has 2 saturated heterocycles. The van der Waals surface area contributed by atoms with Crippen molar-refractivity contribution < 1.29 is 36.4 Å². The number of nitrogens with two attached hydrogens (primary N) is 1. The number of hydrogen-bond acceptors (Lipinski definition) is 7. The Balaban J connectivity index is 2.21. The predicted molar refractivity (Wildman–Crippen MR) is 105 cm³/mol. The zero-order valence-corrected chi connectivity index (χ0v) is 19.0. The average molecular weight is 450 g/mol. The molecule has 2 rings (SSSR count). The topological polar surface area (TPSA) is 157 Å². The van der Waals surface area contributed by atoms with Crippen LogP contribution in [-0.2, 0) is 28.5 Å². The molecule has 0 aliphatic carbocycles. The highest BCUT2D eigenvalue weighted by molar-refractivity contribution is 7.81. The van der Waals surface area contributed by atoms with E-state index in [4.69, 9.17) is 14.2 Å². The smallest absolute Gasteiger partial charge is 0.422 e. The zero-order chi connectivity index (χ0) is 23.3. The molecule has 12 heteroatoms. The maximum absolute atomic E-state index is 12.6. The van der Waals surface area contributed by atoms with Crippen molar-refractivity contribution in [1.82, 2.24) is 9.96 Å². The Morgan fingerprint density at radius 1 is 1.17 bits per heavy atom. The van der Waals surface area contributed by atoms with Crippen LogP contribution in [-0.4, -0.2) is 65.6 Å². The van der Waals surface area contributed by atoms with E-state index in [0.29, 0.717) is 11.5 Å². The van der Waals surface area contributed by atoms with Gasteiger partial charge in [0, 0.05) is 6.54 Å². The number of piperidine rings is 1. The molecule has 30 heavy (non-hydrogen) atoms. The van der Waals surface area contributed by atoms with E-state index in [9.17, 15) is 27.9 Å². The zero-order valence-electron chi connectivity index (χ0n) is 18.2. The molecule has 0 radical (unpaired) electrons. The first-order valence-corrected chi connectivity index (χ1v) is 11.0. The SMILES string of the molecule is CC(CC(C)(C)C(C)(C)C)(OS(=O)(=O)ON1C(=O)N2C[C@H]1CC[C@H]2C(N)=O)C(=O)O. The van der Waals surface area contributed by atoms with E-state index in [2.05, 4.69) is 0 Å². The molecule has 11 nitrogen and oxygen atoms in total. The lowest BCUT2D eigenvalue weighted by Crippen LogP contribution is -2.48. The fraction of sp³-hybridized carbons (Fsp3) is 0.833. The molecule has 0 spiro atoms. The Labute approximate surface area is 176 Å². The number of nitrogens with zero attached hydrogens (tertiary/aromatic N) is 2. The van der Waals surface area contributed by atoms with Gasteiger partial charge in [0.2, 0.25) is 5.91 Å². The van der Waals surface area contributed by atoms with Gasteiger partial charge in [0.05, 0.1) is 6.04 Å². The van der Waals surface area contributed by atoms with Gasteiger partial charge in [-0.3, -0.25) is 4.79 Å². The quantitative estimate of drug-likeness (QED) is 0.560. The van der Waals surface area contributed by atoms with Crippen molar-refractivity contribution >= 4 is 28.3 Å². The summed E-state index contributed by atoms with van der Waals surface area (Å²) in [7, 11) is -4.91. The second kappa shape index (κ2) is 7.65. The number of fused-ring (bicyclic) bond motifs is 2. The van der Waals surface area contributed by atoms with Crippen molar-refractivity contribution in [1.29, 1.82) is 0 Å². The first-order chi connectivity index (χ1) is 13.4. The third-order valence-corrected chi connectivity index (χ3v) is 7.29. The van der Waals surface area contributed by atoms with Gasteiger partial charge >= 0.3 is 22.4 Å². The van der Waals surface area contributed by atoms with Gasteiger partial charge in [0.25, 0.3) is 0 Å². The number of rotatable bonds is 8. The molecule has 0 aromatic carbocycles. The number of aliphatic carboxylic acids is 1. The van der Waals surface area contributed by atoms with E-state index in [-0.39, 0.29) is 24.8 Å². The summed E-state index contributed by atoms with van der Waals surface area (Å²) < 4.78 is 35.0. The molecule has 0 aromatic heterocycles. The van der Waals surface area contributed by atoms with Gasteiger partial charge < -0.3 is 15.7 Å². The third-order valence-electron chi connectivity index (χ3n) is 6.37. The highest BCUT2D eigenvalue weighted by Crippen LogP contribution is 2.45. The molecule has 0 aromatic rings. The van der Waals surface area contributed by atoms with Crippen LogP contribution in [0.1, 0.15) is 60.8 Å². The van der Waals surface area contributed by atoms with E-state index >= 15 is 0 Å². The van der Waals surface area contributed by atoms with Gasteiger partial charge in [-0.1, -0.05) is 34.6 Å². The van der Waals surface area contributed by atoms with Gasteiger partial charge in [-0.15, -0.1) is 4.28 Å². The fourth-order valence-electron chi connectivity index (χ4n) is 3.61. The van der Waals surface area contributed by atoms with E-state index in [1.165, 1.54) is 0 Å². The minimum absolute atomic E-state index is 0.0786. The van der Waals surface area contributed by atoms with Crippen molar-refractivity contribution in [2.24, 2.45) is 16.6 Å². The second-order valence-corrected chi connectivity index (χ2v) is 11.0. The van der Waals surface area contributed by atoms with Gasteiger partial charge in [-0.2, -0.15) is 13.5 Å². The minimum Gasteiger partial charge on any atom is -0.479 e. The molecule has 2 fully saturated rings. The summed E-state index contributed by atoms with van der Waals surface area (Å²) in [6.45, 7) is 10.6. The van der Waals surface area contributed by atoms with Crippen LogP contribution in [0.4, 0.5) is 4.79 Å². The number of carboxylic acids is 1. The van der Waals surface area contributed by atoms with Gasteiger partial charge in [0.1, 0.15) is 6.04 Å². The molecule has 172 valence electrons. The van der Waals surface area contributed by atoms with Crippen molar-refractivity contribution in [3.05, 3.63) is 0 Å². The first-order valence-electron chi connectivity index (χ1n) is 9.68. The monoisotopic (exact) mass is 449 g/mol. The lowest BCUT2D eigenvalue weighted by molar-refractivity contribution is -0.160. The Morgan fingerprint density at radius 2 is 1.73 bits per heavy atom. The maximum Gasteiger partial charge on any atom is 0.422 e. The molecule has 2 aliphatic heterocycles. The van der Waals surface area contributed by atoms with Gasteiger partial charge in [-0.05, 0) is 37.0 Å². The number of carbonyl (C=O) groups excluding carboxylic acids is 2. The number of hydroxylamine groups is 2. The van der Waals surface area contributed by atoms with Crippen LogP contribution < -0.4 is 5.73 Å². The molecule has 3 amide bonds. The highest BCUT2D eigenvalue weighted by Gasteiger charge is 2.52. The Hall–Kier alpha value is -1.92. The summed E-state index contributed by atoms with van der Waals surface area (Å²) in [5.74, 6) is -2.17. The fourth-order valence-corrected chi connectivity index (χ4v) is 4.61. The van der Waals surface area contributed by atoms with Crippen molar-refractivity contribution in [3.8, 4) is 0 Å². The molecule has 0 saturated carbocycles. The molecule has 3 N–H and O–H groups in total. The standard InChI is InChI=1S/C18H31N3O8S/c1-16(2,3)17(4,5)10-18(6,14(23)24)28-30(26,27)29-21-11-7-8-12(13(19)22)20(9-11)15(21)25/h11-12H,7-10H2,1-6H3,(H2,19,22)(H,23,24)/t11-,12+,18?/m1/s1. The number of primary amides is 1. The van der Waals surface area contributed by atoms with E-state index in [1.54, 1.807) is 0 Å². The lowest BCUT2D eigenvalue weighted by atomic mass is 9.64. The molecule has 3 atom stereocenters. The van der Waals surface area contributed by atoms with E-state index < -0.39 is 51.4 Å². The summed E-state index contributed by atoms with van der Waals surface area (Å²) in [5, 5.41) is 10.3. The van der Waals surface area contributed by atoms with Crippen LogP contribution in [0.3, 0.4) is 0 Å². The van der Waals surface area contributed by atoms with Crippen LogP contribution in [0, 0.1) is 10.8 Å². The number of carbonyl (C=O) groups is 3. The van der Waals surface area contributed by atoms with Crippen LogP contribution >= 0.6 is 0 Å². The Morgan fingerprint density at radius 3 is 2.20 bits per heavy atom. The van der Waals surface area contributed by atoms with Crippen molar-refractivity contribution in [3.63, 3.8) is 0 Å². The molecule has 1 unspecified atom stereocenters. The van der Waals surface area contributed by atoms with Crippen molar-refractivity contribution in [2.75, 3.05) is 6.54 Å². The van der Waals surface area contributed by atoms with Crippen LogP contribution in [0.5, 0.6) is 0 Å². The lowest BCUT2D eigenvalue weighted by Gasteiger charge is -2.43. The van der Waals surface area contributed by atoms with Crippen molar-refractivity contribution in [2.45, 2.75) is 78.5 Å². The molecular weight excluding hydrogens is 418 g/mol. The molecular formula is C18H31N3O8S. The normalized spacial score (nSPS) is 24.7. The van der Waals surface area contributed by atoms with Gasteiger partial charge in [0.15, 0.2) is 5.60 Å². The Kier molecular flexibility index (Phi) is 6.21. The molecule has 2 heterocycles. The molecule has 2 bridgehead atoms. The first kappa shape index (κ1) is 24.4. The molecule has 2 aliphatic rings. The van der Waals surface area contributed by atoms with Crippen LogP contribution in [0.25, 0.3) is 0 Å². The summed E-state index contributed by atoms with van der Waals surface area (Å²) in [6, 6.07) is -2.29. The Bertz CT molecular complexity index is 835. The number of carboxylic acid groups (broad SMARTS) is 1. The summed E-state index contributed by atoms with van der Waals surface area (Å²) in [5.41, 5.74) is 2.21.